The lowest BCUT2D eigenvalue weighted by Crippen LogP contribution is -2.13. The number of non-ortho nitro benzene ring substituents is 1. The molecule has 0 saturated heterocycles. The highest BCUT2D eigenvalue weighted by Crippen LogP contribution is 2.26. The quantitative estimate of drug-likeness (QED) is 0.352. The van der Waals surface area contributed by atoms with Crippen LogP contribution in [-0.4, -0.2) is 22.1 Å². The predicted molar refractivity (Wildman–Crippen MR) is 74.5 cm³/mol. The van der Waals surface area contributed by atoms with E-state index in [0.717, 1.165) is 18.2 Å². The van der Waals surface area contributed by atoms with E-state index in [1.54, 1.807) is 29.0 Å². The number of fused-ring (bicyclic) bond motifs is 1. The van der Waals surface area contributed by atoms with Gasteiger partial charge in [0.1, 0.15) is 12.1 Å². The fraction of sp³-hybridized carbons (Fsp3) is 0.357. The standard InChI is InChI=1S/C14H16N2O4/c1-2-3-9-20-13(17)10-15-8-7-11-5-4-6-12(14(11)15)16(18)19/h4-8H,2-3,9-10H2,1H3. The van der Waals surface area contributed by atoms with Crippen molar-refractivity contribution in [2.45, 2.75) is 26.3 Å². The fourth-order valence-corrected chi connectivity index (χ4v) is 2.04. The zero-order valence-corrected chi connectivity index (χ0v) is 11.2. The molecular formula is C14H16N2O4. The molecule has 0 spiro atoms. The van der Waals surface area contributed by atoms with E-state index in [1.807, 2.05) is 6.92 Å². The highest BCUT2D eigenvalue weighted by Gasteiger charge is 2.16. The fourth-order valence-electron chi connectivity index (χ4n) is 2.04. The summed E-state index contributed by atoms with van der Waals surface area (Å²) in [6.45, 7) is 2.38. The van der Waals surface area contributed by atoms with E-state index in [2.05, 4.69) is 0 Å². The molecule has 1 aromatic carbocycles. The first-order valence-electron chi connectivity index (χ1n) is 6.51. The molecule has 106 valence electrons. The van der Waals surface area contributed by atoms with Crippen molar-refractivity contribution in [2.75, 3.05) is 6.61 Å². The number of carbonyl (C=O) groups is 1. The number of benzene rings is 1. The number of nitrogens with zero attached hydrogens (tertiary/aromatic N) is 2. The average molecular weight is 276 g/mol. The summed E-state index contributed by atoms with van der Waals surface area (Å²) in [5.74, 6) is -0.380. The van der Waals surface area contributed by atoms with Crippen LogP contribution in [0, 0.1) is 10.1 Å². The lowest BCUT2D eigenvalue weighted by molar-refractivity contribution is -0.383. The van der Waals surface area contributed by atoms with Gasteiger partial charge in [0.25, 0.3) is 5.69 Å². The van der Waals surface area contributed by atoms with Crippen LogP contribution in [0.4, 0.5) is 5.69 Å². The number of hydrogen-bond donors (Lipinski definition) is 0. The third-order valence-electron chi connectivity index (χ3n) is 3.02. The van der Waals surface area contributed by atoms with Crippen molar-refractivity contribution in [1.29, 1.82) is 0 Å². The van der Waals surface area contributed by atoms with Gasteiger partial charge in [-0.1, -0.05) is 25.5 Å². The van der Waals surface area contributed by atoms with Gasteiger partial charge in [-0.25, -0.2) is 0 Å². The molecular weight excluding hydrogens is 260 g/mol. The van der Waals surface area contributed by atoms with Crippen LogP contribution < -0.4 is 0 Å². The van der Waals surface area contributed by atoms with E-state index in [-0.39, 0.29) is 18.2 Å². The third kappa shape index (κ3) is 2.96. The summed E-state index contributed by atoms with van der Waals surface area (Å²) in [6, 6.07) is 6.59. The maximum Gasteiger partial charge on any atom is 0.325 e. The van der Waals surface area contributed by atoms with Crippen molar-refractivity contribution in [1.82, 2.24) is 4.57 Å². The van der Waals surface area contributed by atoms with Gasteiger partial charge >= 0.3 is 5.97 Å². The second-order valence-corrected chi connectivity index (χ2v) is 4.49. The van der Waals surface area contributed by atoms with Crippen LogP contribution >= 0.6 is 0 Å². The first-order chi connectivity index (χ1) is 9.63. The van der Waals surface area contributed by atoms with Gasteiger partial charge in [0.05, 0.1) is 11.5 Å². The summed E-state index contributed by atoms with van der Waals surface area (Å²) in [5, 5.41) is 11.8. The number of ether oxygens (including phenoxy) is 1. The first kappa shape index (κ1) is 14.0. The van der Waals surface area contributed by atoms with Crippen LogP contribution in [0.1, 0.15) is 19.8 Å². The van der Waals surface area contributed by atoms with Crippen molar-refractivity contribution in [3.63, 3.8) is 0 Å². The minimum atomic E-state index is -0.443. The normalized spacial score (nSPS) is 10.7. The largest absolute Gasteiger partial charge is 0.464 e. The molecule has 0 aliphatic heterocycles. The van der Waals surface area contributed by atoms with Crippen molar-refractivity contribution < 1.29 is 14.5 Å². The Bertz CT molecular complexity index is 633. The molecule has 0 unspecified atom stereocenters. The van der Waals surface area contributed by atoms with E-state index in [0.29, 0.717) is 12.1 Å². The van der Waals surface area contributed by atoms with Gasteiger partial charge < -0.3 is 9.30 Å². The number of aromatic nitrogens is 1. The van der Waals surface area contributed by atoms with Gasteiger partial charge in [-0.2, -0.15) is 0 Å². The van der Waals surface area contributed by atoms with Crippen LogP contribution in [0.15, 0.2) is 30.5 Å². The number of nitro groups is 1. The second kappa shape index (κ2) is 6.18. The van der Waals surface area contributed by atoms with E-state index in [9.17, 15) is 14.9 Å². The lowest BCUT2D eigenvalue weighted by atomic mass is 10.2. The first-order valence-corrected chi connectivity index (χ1v) is 6.51. The molecule has 0 atom stereocenters. The van der Waals surface area contributed by atoms with Crippen molar-refractivity contribution >= 4 is 22.6 Å². The molecule has 20 heavy (non-hydrogen) atoms. The third-order valence-corrected chi connectivity index (χ3v) is 3.02. The van der Waals surface area contributed by atoms with Crippen molar-refractivity contribution in [2.24, 2.45) is 0 Å². The lowest BCUT2D eigenvalue weighted by Gasteiger charge is -2.06. The predicted octanol–water partition coefficient (Wildman–Crippen LogP) is 2.89. The second-order valence-electron chi connectivity index (χ2n) is 4.49. The molecule has 0 aliphatic rings. The molecule has 0 aliphatic carbocycles. The van der Waals surface area contributed by atoms with Crippen LogP contribution in [0.25, 0.3) is 10.9 Å². The molecule has 1 heterocycles. The van der Waals surface area contributed by atoms with Gasteiger partial charge in [-0.15, -0.1) is 0 Å². The molecule has 6 nitrogen and oxygen atoms in total. The zero-order valence-electron chi connectivity index (χ0n) is 11.2. The van der Waals surface area contributed by atoms with Gasteiger partial charge in [0.2, 0.25) is 0 Å². The van der Waals surface area contributed by atoms with Gasteiger partial charge in [-0.3, -0.25) is 14.9 Å². The minimum Gasteiger partial charge on any atom is -0.464 e. The summed E-state index contributed by atoms with van der Waals surface area (Å²) in [7, 11) is 0. The Morgan fingerprint density at radius 1 is 1.40 bits per heavy atom. The molecule has 0 radical (unpaired) electrons. The summed E-state index contributed by atoms with van der Waals surface area (Å²) < 4.78 is 6.63. The monoisotopic (exact) mass is 276 g/mol. The highest BCUT2D eigenvalue weighted by molar-refractivity contribution is 5.89. The van der Waals surface area contributed by atoms with Crippen LogP contribution in [-0.2, 0) is 16.1 Å². The Labute approximate surface area is 116 Å². The van der Waals surface area contributed by atoms with Crippen LogP contribution in [0.5, 0.6) is 0 Å². The van der Waals surface area contributed by atoms with Crippen LogP contribution in [0.2, 0.25) is 0 Å². The Morgan fingerprint density at radius 3 is 2.90 bits per heavy atom. The van der Waals surface area contributed by atoms with E-state index >= 15 is 0 Å². The average Bonchev–Trinajstić information content (AvgIpc) is 2.82. The molecule has 2 aromatic rings. The maximum absolute atomic E-state index is 11.7. The maximum atomic E-state index is 11.7. The number of unbranched alkanes of at least 4 members (excludes halogenated alkanes) is 1. The highest BCUT2D eigenvalue weighted by atomic mass is 16.6. The molecule has 0 saturated carbocycles. The number of esters is 1. The number of hydrogen-bond acceptors (Lipinski definition) is 4. The van der Waals surface area contributed by atoms with Crippen molar-refractivity contribution in [3.05, 3.63) is 40.6 Å². The number of carbonyl (C=O) groups excluding carboxylic acids is 1. The molecule has 0 fully saturated rings. The number of nitro benzene ring substituents is 1. The van der Waals surface area contributed by atoms with Gasteiger partial charge in [0.15, 0.2) is 0 Å². The Morgan fingerprint density at radius 2 is 2.20 bits per heavy atom. The smallest absolute Gasteiger partial charge is 0.325 e. The van der Waals surface area contributed by atoms with E-state index in [1.165, 1.54) is 6.07 Å². The zero-order chi connectivity index (χ0) is 14.5. The van der Waals surface area contributed by atoms with Gasteiger partial charge in [0, 0.05) is 17.6 Å². The summed E-state index contributed by atoms with van der Waals surface area (Å²) in [5.41, 5.74) is 0.443. The Kier molecular flexibility index (Phi) is 4.34. The SMILES string of the molecule is CCCCOC(=O)Cn1ccc2cccc([N+](=O)[O-])c21. The molecule has 6 heteroatoms. The molecule has 0 amide bonds. The van der Waals surface area contributed by atoms with Gasteiger partial charge in [-0.05, 0) is 12.5 Å². The molecule has 1 aromatic heterocycles. The number of para-hydroxylation sites is 1. The number of rotatable bonds is 6. The summed E-state index contributed by atoms with van der Waals surface area (Å²) in [4.78, 5) is 22.3. The summed E-state index contributed by atoms with van der Waals surface area (Å²) in [6.07, 6.45) is 3.43. The topological polar surface area (TPSA) is 74.4 Å². The molecule has 2 rings (SSSR count). The minimum absolute atomic E-state index is 0.00569. The van der Waals surface area contributed by atoms with E-state index < -0.39 is 4.92 Å². The Balaban J connectivity index is 2.22. The van der Waals surface area contributed by atoms with Crippen molar-refractivity contribution in [3.8, 4) is 0 Å². The summed E-state index contributed by atoms with van der Waals surface area (Å²) >= 11 is 0. The molecule has 0 N–H and O–H groups in total. The van der Waals surface area contributed by atoms with E-state index in [4.69, 9.17) is 4.74 Å². The Hall–Kier alpha value is -2.37. The van der Waals surface area contributed by atoms with Crippen LogP contribution in [0.3, 0.4) is 0 Å². The molecule has 0 bridgehead atoms.